The molecule has 2 aromatic rings. The van der Waals surface area contributed by atoms with Crippen molar-refractivity contribution in [2.45, 2.75) is 0 Å². The van der Waals surface area contributed by atoms with Crippen LogP contribution in [0.1, 0.15) is 10.4 Å². The van der Waals surface area contributed by atoms with Crippen LogP contribution in [-0.2, 0) is 0 Å². The van der Waals surface area contributed by atoms with E-state index in [1.165, 1.54) is 35.4 Å². The molecule has 0 fully saturated rings. The zero-order chi connectivity index (χ0) is 9.97. The molecule has 0 aliphatic carbocycles. The highest BCUT2D eigenvalue weighted by Crippen LogP contribution is 2.10. The number of aldehydes is 1. The summed E-state index contributed by atoms with van der Waals surface area (Å²) < 4.78 is 12.9. The molecule has 5 heteroatoms. The molecule has 0 amide bonds. The van der Waals surface area contributed by atoms with Gasteiger partial charge in [0.2, 0.25) is 0 Å². The summed E-state index contributed by atoms with van der Waals surface area (Å²) in [7, 11) is 0. The summed E-state index contributed by atoms with van der Waals surface area (Å²) in [5.74, 6) is -0.545. The minimum absolute atomic E-state index is 0.000185. The van der Waals surface area contributed by atoms with Gasteiger partial charge in [-0.1, -0.05) is 0 Å². The first-order chi connectivity index (χ1) is 6.81. The summed E-state index contributed by atoms with van der Waals surface area (Å²) >= 11 is 0. The molecule has 1 heterocycles. The first-order valence-electron chi connectivity index (χ1n) is 3.92. The Bertz CT molecular complexity index is 453. The molecule has 0 aliphatic heterocycles. The summed E-state index contributed by atoms with van der Waals surface area (Å²) in [5, 5.41) is 7.72. The highest BCUT2D eigenvalue weighted by atomic mass is 19.1. The van der Waals surface area contributed by atoms with Gasteiger partial charge in [0, 0.05) is 0 Å². The van der Waals surface area contributed by atoms with Crippen molar-refractivity contribution in [3.63, 3.8) is 0 Å². The lowest BCUT2D eigenvalue weighted by Crippen LogP contribution is -2.00. The van der Waals surface area contributed by atoms with E-state index in [0.717, 1.165) is 0 Å². The minimum Gasteiger partial charge on any atom is -0.298 e. The molecule has 4 nitrogen and oxygen atoms in total. The van der Waals surface area contributed by atoms with Gasteiger partial charge >= 0.3 is 0 Å². The molecule has 1 aromatic heterocycles. The largest absolute Gasteiger partial charge is 0.298 e. The fourth-order valence-electron chi connectivity index (χ4n) is 1.09. The van der Waals surface area contributed by atoms with Gasteiger partial charge in [0.1, 0.15) is 5.82 Å². The lowest BCUT2D eigenvalue weighted by Gasteiger charge is -2.00. The predicted molar refractivity (Wildman–Crippen MR) is 46.7 cm³/mol. The lowest BCUT2D eigenvalue weighted by atomic mass is 10.2. The summed E-state index contributed by atoms with van der Waals surface area (Å²) in [5.41, 5.74) is 0.554. The van der Waals surface area contributed by atoms with Crippen molar-refractivity contribution in [3.05, 3.63) is 42.0 Å². The zero-order valence-corrected chi connectivity index (χ0v) is 7.09. The summed E-state index contributed by atoms with van der Waals surface area (Å²) in [4.78, 5) is 11.8. The normalized spacial score (nSPS) is 10.1. The lowest BCUT2D eigenvalue weighted by molar-refractivity contribution is 0.112. The van der Waals surface area contributed by atoms with Crippen LogP contribution in [0.4, 0.5) is 4.39 Å². The number of aromatic nitrogens is 3. The molecule has 14 heavy (non-hydrogen) atoms. The summed E-state index contributed by atoms with van der Waals surface area (Å²) in [6, 6.07) is 4.10. The number of carbonyl (C=O) groups is 1. The van der Waals surface area contributed by atoms with E-state index < -0.39 is 5.82 Å². The van der Waals surface area contributed by atoms with Gasteiger partial charge in [-0.3, -0.25) is 4.79 Å². The second-order valence-corrected chi connectivity index (χ2v) is 2.64. The molecular weight excluding hydrogens is 185 g/mol. The molecule has 0 unspecified atom stereocenters. The van der Waals surface area contributed by atoms with E-state index in [2.05, 4.69) is 10.2 Å². The van der Waals surface area contributed by atoms with Gasteiger partial charge in [0.15, 0.2) is 6.29 Å². The summed E-state index contributed by atoms with van der Waals surface area (Å²) in [6.07, 6.45) is 3.47. The highest BCUT2D eigenvalue weighted by molar-refractivity contribution is 5.76. The standard InChI is InChI=1S/C9H6FN3O/c10-9-2-1-8(5-7(9)6-14)13-11-3-4-12-13/h1-6H. The molecule has 0 atom stereocenters. The molecule has 0 saturated carbocycles. The van der Waals surface area contributed by atoms with Gasteiger partial charge in [0.05, 0.1) is 23.6 Å². The maximum absolute atomic E-state index is 12.9. The minimum atomic E-state index is -0.545. The van der Waals surface area contributed by atoms with Crippen molar-refractivity contribution in [3.8, 4) is 5.69 Å². The topological polar surface area (TPSA) is 47.8 Å². The third-order valence-corrected chi connectivity index (χ3v) is 1.76. The fourth-order valence-corrected chi connectivity index (χ4v) is 1.09. The number of hydrogen-bond acceptors (Lipinski definition) is 3. The molecule has 0 spiro atoms. The Morgan fingerprint density at radius 2 is 2.00 bits per heavy atom. The van der Waals surface area contributed by atoms with E-state index in [-0.39, 0.29) is 5.56 Å². The Morgan fingerprint density at radius 3 is 2.64 bits per heavy atom. The second-order valence-electron chi connectivity index (χ2n) is 2.64. The van der Waals surface area contributed by atoms with E-state index in [4.69, 9.17) is 0 Å². The van der Waals surface area contributed by atoms with Crippen molar-refractivity contribution < 1.29 is 9.18 Å². The quantitative estimate of drug-likeness (QED) is 0.670. The van der Waals surface area contributed by atoms with Crippen molar-refractivity contribution in [1.29, 1.82) is 0 Å². The monoisotopic (exact) mass is 191 g/mol. The van der Waals surface area contributed by atoms with Crippen molar-refractivity contribution in [2.24, 2.45) is 0 Å². The average molecular weight is 191 g/mol. The number of nitrogens with zero attached hydrogens (tertiary/aromatic N) is 3. The number of rotatable bonds is 2. The van der Waals surface area contributed by atoms with Gasteiger partial charge in [-0.25, -0.2) is 4.39 Å². The zero-order valence-electron chi connectivity index (χ0n) is 7.09. The van der Waals surface area contributed by atoms with Crippen LogP contribution in [-0.4, -0.2) is 21.3 Å². The molecule has 0 radical (unpaired) electrons. The maximum Gasteiger partial charge on any atom is 0.153 e. The third-order valence-electron chi connectivity index (χ3n) is 1.76. The van der Waals surface area contributed by atoms with Crippen LogP contribution in [0, 0.1) is 5.82 Å². The first-order valence-corrected chi connectivity index (χ1v) is 3.92. The van der Waals surface area contributed by atoms with Crippen LogP contribution in [0.25, 0.3) is 5.69 Å². The van der Waals surface area contributed by atoms with Crippen LogP contribution in [0.15, 0.2) is 30.6 Å². The number of halogens is 1. The first kappa shape index (κ1) is 8.55. The number of carbonyl (C=O) groups excluding carboxylic acids is 1. The van der Waals surface area contributed by atoms with Gasteiger partial charge in [-0.2, -0.15) is 15.0 Å². The molecule has 70 valence electrons. The van der Waals surface area contributed by atoms with Crippen molar-refractivity contribution >= 4 is 6.29 Å². The van der Waals surface area contributed by atoms with Gasteiger partial charge in [0.25, 0.3) is 0 Å². The summed E-state index contributed by atoms with van der Waals surface area (Å²) in [6.45, 7) is 0. The van der Waals surface area contributed by atoms with Crippen LogP contribution < -0.4 is 0 Å². The van der Waals surface area contributed by atoms with Gasteiger partial charge in [-0.15, -0.1) is 0 Å². The SMILES string of the molecule is O=Cc1cc(-n2nccn2)ccc1F. The number of benzene rings is 1. The van der Waals surface area contributed by atoms with Gasteiger partial charge in [-0.05, 0) is 18.2 Å². The average Bonchev–Trinajstić information content (AvgIpc) is 2.71. The Labute approximate surface area is 79.0 Å². The Balaban J connectivity index is 2.51. The van der Waals surface area contributed by atoms with E-state index in [9.17, 15) is 9.18 Å². The predicted octanol–water partition coefficient (Wildman–Crippen LogP) is 1.22. The maximum atomic E-state index is 12.9. The second kappa shape index (κ2) is 3.37. The van der Waals surface area contributed by atoms with Crippen LogP contribution in [0.3, 0.4) is 0 Å². The molecule has 0 aliphatic rings. The highest BCUT2D eigenvalue weighted by Gasteiger charge is 2.04. The Kier molecular flexibility index (Phi) is 2.06. The van der Waals surface area contributed by atoms with Crippen LogP contribution in [0.5, 0.6) is 0 Å². The van der Waals surface area contributed by atoms with Crippen molar-refractivity contribution in [2.75, 3.05) is 0 Å². The molecule has 0 saturated heterocycles. The van der Waals surface area contributed by atoms with Crippen molar-refractivity contribution in [1.82, 2.24) is 15.0 Å². The number of hydrogen-bond donors (Lipinski definition) is 0. The van der Waals surface area contributed by atoms with E-state index in [1.807, 2.05) is 0 Å². The smallest absolute Gasteiger partial charge is 0.153 e. The van der Waals surface area contributed by atoms with E-state index >= 15 is 0 Å². The molecule has 0 N–H and O–H groups in total. The molecular formula is C9H6FN3O. The van der Waals surface area contributed by atoms with Gasteiger partial charge < -0.3 is 0 Å². The van der Waals surface area contributed by atoms with E-state index in [1.54, 1.807) is 0 Å². The van der Waals surface area contributed by atoms with Crippen LogP contribution in [0.2, 0.25) is 0 Å². The third kappa shape index (κ3) is 1.39. The Morgan fingerprint density at radius 1 is 1.29 bits per heavy atom. The molecule has 1 aromatic carbocycles. The fraction of sp³-hybridized carbons (Fsp3) is 0. The molecule has 0 bridgehead atoms. The van der Waals surface area contributed by atoms with Crippen LogP contribution >= 0.6 is 0 Å². The molecule has 2 rings (SSSR count). The Hall–Kier alpha value is -2.04. The van der Waals surface area contributed by atoms with E-state index in [0.29, 0.717) is 12.0 Å².